The summed E-state index contributed by atoms with van der Waals surface area (Å²) < 4.78 is 6.28. The number of allylic oxidation sites excluding steroid dienone is 1. The Morgan fingerprint density at radius 3 is 2.12 bits per heavy atom. The Bertz CT molecular complexity index is 999. The summed E-state index contributed by atoms with van der Waals surface area (Å²) in [7, 11) is 1.85. The van der Waals surface area contributed by atoms with Crippen molar-refractivity contribution in [1.82, 2.24) is 0 Å². The summed E-state index contributed by atoms with van der Waals surface area (Å²) in [6, 6.07) is 9.40. The summed E-state index contributed by atoms with van der Waals surface area (Å²) >= 11 is 0. The van der Waals surface area contributed by atoms with Crippen LogP contribution in [0.3, 0.4) is 0 Å². The second kappa shape index (κ2) is 10.5. The van der Waals surface area contributed by atoms with Gasteiger partial charge in [0.25, 0.3) is 0 Å². The minimum absolute atomic E-state index is 0.0715. The minimum Gasteiger partial charge on any atom is -0.507 e. The van der Waals surface area contributed by atoms with Crippen LogP contribution in [0.4, 0.5) is 5.69 Å². The van der Waals surface area contributed by atoms with E-state index in [1.54, 1.807) is 6.08 Å². The first-order valence-electron chi connectivity index (χ1n) is 12.0. The summed E-state index contributed by atoms with van der Waals surface area (Å²) in [5, 5.41) is 14.5. The lowest BCUT2D eigenvalue weighted by Gasteiger charge is -2.33. The lowest BCUT2D eigenvalue weighted by molar-refractivity contribution is 0.104. The van der Waals surface area contributed by atoms with E-state index in [1.165, 1.54) is 0 Å². The number of rotatable bonds is 10. The molecule has 180 valence electrons. The predicted octanol–water partition coefficient (Wildman–Crippen LogP) is 7.49. The number of hydrogen-bond acceptors (Lipinski definition) is 4. The molecule has 2 N–H and O–H groups in total. The summed E-state index contributed by atoms with van der Waals surface area (Å²) in [4.78, 5) is 12.9. The molecule has 0 aliphatic carbocycles. The highest BCUT2D eigenvalue weighted by Crippen LogP contribution is 2.48. The zero-order chi connectivity index (χ0) is 25.0. The monoisotopic (exact) mass is 451 g/mol. The van der Waals surface area contributed by atoms with E-state index in [0.717, 1.165) is 35.2 Å². The molecule has 0 aromatic heterocycles. The van der Waals surface area contributed by atoms with Gasteiger partial charge in [-0.2, -0.15) is 0 Å². The molecule has 0 radical (unpaired) electrons. The highest BCUT2D eigenvalue weighted by molar-refractivity contribution is 6.07. The van der Waals surface area contributed by atoms with Gasteiger partial charge in [-0.1, -0.05) is 41.5 Å². The Morgan fingerprint density at radius 1 is 1.06 bits per heavy atom. The Kier molecular flexibility index (Phi) is 8.40. The van der Waals surface area contributed by atoms with E-state index in [9.17, 15) is 9.90 Å². The number of aromatic hydroxyl groups is 1. The Morgan fingerprint density at radius 2 is 1.64 bits per heavy atom. The van der Waals surface area contributed by atoms with Gasteiger partial charge in [0, 0.05) is 35.0 Å². The van der Waals surface area contributed by atoms with E-state index < -0.39 is 0 Å². The van der Waals surface area contributed by atoms with E-state index in [1.807, 2.05) is 57.3 Å². The second-order valence-corrected chi connectivity index (χ2v) is 10.2. The van der Waals surface area contributed by atoms with Crippen LogP contribution >= 0.6 is 0 Å². The molecule has 0 heterocycles. The lowest BCUT2D eigenvalue weighted by atomic mass is 9.74. The van der Waals surface area contributed by atoms with E-state index in [4.69, 9.17) is 4.74 Å². The number of anilines is 1. The van der Waals surface area contributed by atoms with Gasteiger partial charge in [0.05, 0.1) is 6.10 Å². The van der Waals surface area contributed by atoms with Crippen molar-refractivity contribution in [2.75, 3.05) is 12.4 Å². The third-order valence-electron chi connectivity index (χ3n) is 6.68. The van der Waals surface area contributed by atoms with Crippen LogP contribution in [0.1, 0.15) is 95.3 Å². The average Bonchev–Trinajstić information content (AvgIpc) is 2.77. The fraction of sp³-hybridized carbons (Fsp3) is 0.483. The molecule has 2 rings (SSSR count). The number of ether oxygens (including phenoxy) is 1. The molecule has 0 saturated carbocycles. The van der Waals surface area contributed by atoms with Gasteiger partial charge in [-0.25, -0.2) is 0 Å². The normalized spacial score (nSPS) is 12.4. The molecule has 0 atom stereocenters. The largest absolute Gasteiger partial charge is 0.507 e. The molecule has 0 aliphatic heterocycles. The molecule has 33 heavy (non-hydrogen) atoms. The number of phenolic OH excluding ortho intramolecular Hbond substituents is 1. The Balaban J connectivity index is 2.72. The molecule has 0 spiro atoms. The third kappa shape index (κ3) is 5.98. The van der Waals surface area contributed by atoms with Gasteiger partial charge in [-0.05, 0) is 80.0 Å². The maximum atomic E-state index is 12.9. The van der Waals surface area contributed by atoms with E-state index in [-0.39, 0.29) is 22.7 Å². The van der Waals surface area contributed by atoms with Gasteiger partial charge in [0.2, 0.25) is 0 Å². The molecule has 0 amide bonds. The van der Waals surface area contributed by atoms with Crippen molar-refractivity contribution in [2.24, 2.45) is 0 Å². The standard InChI is InChI=1S/C29H41NO3/c1-10-28(5,6)23-18-21(14-17-24(31)20-12-15-22(30-9)16-13-20)27(33-19(3)4)25(26(23)32)29(7,8)11-2/h12-19,30,32H,10-11H2,1-9H3/b17-14+. The van der Waals surface area contributed by atoms with Crippen molar-refractivity contribution >= 4 is 17.5 Å². The highest BCUT2D eigenvalue weighted by Gasteiger charge is 2.34. The van der Waals surface area contributed by atoms with Gasteiger partial charge < -0.3 is 15.2 Å². The van der Waals surface area contributed by atoms with Crippen LogP contribution in [0.15, 0.2) is 36.4 Å². The first kappa shape index (κ1) is 26.5. The molecule has 0 fully saturated rings. The number of ketones is 1. The summed E-state index contributed by atoms with van der Waals surface area (Å²) in [5.41, 5.74) is 3.55. The molecule has 0 saturated heterocycles. The maximum Gasteiger partial charge on any atom is 0.185 e. The summed E-state index contributed by atoms with van der Waals surface area (Å²) in [6.07, 6.45) is 5.06. The number of phenols is 1. The van der Waals surface area contributed by atoms with Crippen LogP contribution in [-0.2, 0) is 10.8 Å². The average molecular weight is 452 g/mol. The molecule has 0 unspecified atom stereocenters. The van der Waals surface area contributed by atoms with Gasteiger partial charge in [-0.3, -0.25) is 4.79 Å². The van der Waals surface area contributed by atoms with Crippen LogP contribution in [0.5, 0.6) is 11.5 Å². The fourth-order valence-corrected chi connectivity index (χ4v) is 3.74. The van der Waals surface area contributed by atoms with E-state index in [0.29, 0.717) is 17.1 Å². The Labute approximate surface area is 200 Å². The first-order chi connectivity index (χ1) is 15.4. The van der Waals surface area contributed by atoms with Gasteiger partial charge in [0.1, 0.15) is 11.5 Å². The zero-order valence-electron chi connectivity index (χ0n) is 21.8. The van der Waals surface area contributed by atoms with Crippen LogP contribution in [0.25, 0.3) is 6.08 Å². The molecular formula is C29H41NO3. The number of hydrogen-bond donors (Lipinski definition) is 2. The highest BCUT2D eigenvalue weighted by atomic mass is 16.5. The third-order valence-corrected chi connectivity index (χ3v) is 6.68. The van der Waals surface area contributed by atoms with Gasteiger partial charge in [-0.15, -0.1) is 0 Å². The van der Waals surface area contributed by atoms with Crippen LogP contribution in [-0.4, -0.2) is 24.0 Å². The maximum absolute atomic E-state index is 12.9. The fourth-order valence-electron chi connectivity index (χ4n) is 3.74. The minimum atomic E-state index is -0.302. The Hall–Kier alpha value is -2.75. The topological polar surface area (TPSA) is 58.6 Å². The van der Waals surface area contributed by atoms with Crippen molar-refractivity contribution in [3.63, 3.8) is 0 Å². The van der Waals surface area contributed by atoms with Crippen molar-refractivity contribution in [3.05, 3.63) is 58.7 Å². The van der Waals surface area contributed by atoms with Crippen molar-refractivity contribution in [2.45, 2.75) is 85.2 Å². The molecule has 0 aliphatic rings. The molecule has 4 heteroatoms. The lowest BCUT2D eigenvalue weighted by Crippen LogP contribution is -2.23. The molecule has 4 nitrogen and oxygen atoms in total. The number of nitrogens with one attached hydrogen (secondary N) is 1. The van der Waals surface area contributed by atoms with Gasteiger partial charge >= 0.3 is 0 Å². The molecular weight excluding hydrogens is 410 g/mol. The van der Waals surface area contributed by atoms with E-state index >= 15 is 0 Å². The van der Waals surface area contributed by atoms with Crippen LogP contribution in [0.2, 0.25) is 0 Å². The summed E-state index contributed by atoms with van der Waals surface area (Å²) in [5.74, 6) is 0.879. The predicted molar refractivity (Wildman–Crippen MR) is 140 cm³/mol. The number of carbonyl (C=O) groups excluding carboxylic acids is 1. The first-order valence-corrected chi connectivity index (χ1v) is 12.0. The van der Waals surface area contributed by atoms with Crippen molar-refractivity contribution in [1.29, 1.82) is 0 Å². The zero-order valence-corrected chi connectivity index (χ0v) is 21.8. The van der Waals surface area contributed by atoms with Crippen molar-refractivity contribution < 1.29 is 14.6 Å². The quantitative estimate of drug-likeness (QED) is 0.290. The summed E-state index contributed by atoms with van der Waals surface area (Å²) in [6.45, 7) is 16.7. The number of benzene rings is 2. The van der Waals surface area contributed by atoms with Crippen LogP contribution in [0, 0.1) is 0 Å². The van der Waals surface area contributed by atoms with Crippen LogP contribution < -0.4 is 10.1 Å². The van der Waals surface area contributed by atoms with Crippen molar-refractivity contribution in [3.8, 4) is 11.5 Å². The molecule has 2 aromatic carbocycles. The second-order valence-electron chi connectivity index (χ2n) is 10.2. The molecule has 2 aromatic rings. The number of carbonyl (C=O) groups is 1. The SMILES string of the molecule is CCC(C)(C)c1cc(/C=C/C(=O)c2ccc(NC)cc2)c(OC(C)C)c(C(C)(C)CC)c1O. The molecule has 0 bridgehead atoms. The van der Waals surface area contributed by atoms with E-state index in [2.05, 4.69) is 46.9 Å². The van der Waals surface area contributed by atoms with Gasteiger partial charge in [0.15, 0.2) is 5.78 Å². The smallest absolute Gasteiger partial charge is 0.185 e.